The van der Waals surface area contributed by atoms with Gasteiger partial charge in [0.1, 0.15) is 11.6 Å². The molecule has 0 aromatic heterocycles. The van der Waals surface area contributed by atoms with Crippen molar-refractivity contribution in [3.05, 3.63) is 34.9 Å². The van der Waals surface area contributed by atoms with Gasteiger partial charge in [-0.1, -0.05) is 18.9 Å². The fourth-order valence-electron chi connectivity index (χ4n) is 3.10. The lowest BCUT2D eigenvalue weighted by Crippen LogP contribution is -2.45. The van der Waals surface area contributed by atoms with Crippen molar-refractivity contribution < 1.29 is 8.78 Å². The van der Waals surface area contributed by atoms with Crippen molar-refractivity contribution in [2.45, 2.75) is 32.2 Å². The summed E-state index contributed by atoms with van der Waals surface area (Å²) in [6.45, 7) is 5.24. The summed E-state index contributed by atoms with van der Waals surface area (Å²) in [6.07, 6.45) is 3.30. The average Bonchev–Trinajstić information content (AvgIpc) is 3.27. The summed E-state index contributed by atoms with van der Waals surface area (Å²) in [7, 11) is 0. The minimum Gasteiger partial charge on any atom is -0.314 e. The molecule has 1 aliphatic carbocycles. The molecule has 20 heavy (non-hydrogen) atoms. The molecular weight excluding hydrogens is 258 g/mol. The number of rotatable bonds is 4. The summed E-state index contributed by atoms with van der Waals surface area (Å²) in [6, 6.07) is 2.83. The average molecular weight is 280 g/mol. The first-order chi connectivity index (χ1) is 9.66. The van der Waals surface area contributed by atoms with Gasteiger partial charge in [-0.05, 0) is 30.9 Å². The Hall–Kier alpha value is -1.00. The number of aryl methyl sites for hydroxylation is 1. The molecule has 0 bridgehead atoms. The van der Waals surface area contributed by atoms with E-state index in [4.69, 9.17) is 0 Å². The lowest BCUT2D eigenvalue weighted by molar-refractivity contribution is 0.154. The molecule has 1 aromatic carbocycles. The molecule has 1 atom stereocenters. The van der Waals surface area contributed by atoms with E-state index in [0.717, 1.165) is 32.6 Å². The highest BCUT2D eigenvalue weighted by Gasteiger charge is 2.33. The standard InChI is InChI=1S/C16H22F2N2/c1-11-2-5-13(17)15(16(11)18)14(10-12-3-4-12)20-8-6-19-7-9-20/h2,5,12,14,19H,3-4,6-10H2,1H3/t14-/m1/s1. The molecule has 0 spiro atoms. The van der Waals surface area contributed by atoms with Gasteiger partial charge in [-0.25, -0.2) is 8.78 Å². The highest BCUT2D eigenvalue weighted by Crippen LogP contribution is 2.41. The molecule has 1 saturated heterocycles. The largest absolute Gasteiger partial charge is 0.314 e. The predicted molar refractivity (Wildman–Crippen MR) is 75.6 cm³/mol. The first kappa shape index (κ1) is 14.0. The van der Waals surface area contributed by atoms with E-state index in [1.54, 1.807) is 6.92 Å². The molecule has 0 unspecified atom stereocenters. The van der Waals surface area contributed by atoms with E-state index in [2.05, 4.69) is 10.2 Å². The maximum absolute atomic E-state index is 14.5. The van der Waals surface area contributed by atoms with Gasteiger partial charge in [-0.3, -0.25) is 4.90 Å². The van der Waals surface area contributed by atoms with Crippen LogP contribution in [0.15, 0.2) is 12.1 Å². The Kier molecular flexibility index (Phi) is 4.03. The second kappa shape index (κ2) is 5.78. The van der Waals surface area contributed by atoms with Crippen LogP contribution >= 0.6 is 0 Å². The molecule has 1 aliphatic heterocycles. The number of halogens is 2. The molecule has 1 aromatic rings. The molecule has 110 valence electrons. The molecule has 0 amide bonds. The van der Waals surface area contributed by atoms with Crippen LogP contribution in [-0.4, -0.2) is 31.1 Å². The highest BCUT2D eigenvalue weighted by atomic mass is 19.1. The van der Waals surface area contributed by atoms with Crippen LogP contribution in [0.3, 0.4) is 0 Å². The SMILES string of the molecule is Cc1ccc(F)c([C@@H](CC2CC2)N2CCNCC2)c1F. The van der Waals surface area contributed by atoms with Crippen molar-refractivity contribution in [2.75, 3.05) is 26.2 Å². The Morgan fingerprint density at radius 1 is 1.25 bits per heavy atom. The molecule has 2 nitrogen and oxygen atoms in total. The molecule has 3 rings (SSSR count). The van der Waals surface area contributed by atoms with Gasteiger partial charge in [0.25, 0.3) is 0 Å². The summed E-state index contributed by atoms with van der Waals surface area (Å²) in [5, 5.41) is 3.30. The fraction of sp³-hybridized carbons (Fsp3) is 0.625. The second-order valence-electron chi connectivity index (χ2n) is 6.07. The lowest BCUT2D eigenvalue weighted by Gasteiger charge is -2.35. The van der Waals surface area contributed by atoms with Gasteiger partial charge in [0.2, 0.25) is 0 Å². The Morgan fingerprint density at radius 2 is 1.95 bits per heavy atom. The summed E-state index contributed by atoms with van der Waals surface area (Å²) < 4.78 is 28.7. The highest BCUT2D eigenvalue weighted by molar-refractivity contribution is 5.29. The Balaban J connectivity index is 1.93. The number of piperazine rings is 1. The van der Waals surface area contributed by atoms with E-state index >= 15 is 0 Å². The molecule has 1 saturated carbocycles. The smallest absolute Gasteiger partial charge is 0.133 e. The van der Waals surface area contributed by atoms with Crippen LogP contribution in [0.1, 0.15) is 36.4 Å². The van der Waals surface area contributed by atoms with E-state index in [9.17, 15) is 8.78 Å². The van der Waals surface area contributed by atoms with Crippen LogP contribution in [0.5, 0.6) is 0 Å². The van der Waals surface area contributed by atoms with Crippen molar-refractivity contribution >= 4 is 0 Å². The third-order valence-corrected chi connectivity index (χ3v) is 4.50. The fourth-order valence-corrected chi connectivity index (χ4v) is 3.10. The van der Waals surface area contributed by atoms with Crippen LogP contribution in [0.4, 0.5) is 8.78 Å². The van der Waals surface area contributed by atoms with Gasteiger partial charge in [0.05, 0.1) is 0 Å². The number of nitrogens with zero attached hydrogens (tertiary/aromatic N) is 1. The van der Waals surface area contributed by atoms with Gasteiger partial charge < -0.3 is 5.32 Å². The normalized spacial score (nSPS) is 21.9. The summed E-state index contributed by atoms with van der Waals surface area (Å²) >= 11 is 0. The third-order valence-electron chi connectivity index (χ3n) is 4.50. The molecule has 4 heteroatoms. The van der Waals surface area contributed by atoms with Crippen molar-refractivity contribution in [3.63, 3.8) is 0 Å². The zero-order valence-electron chi connectivity index (χ0n) is 12.0. The second-order valence-corrected chi connectivity index (χ2v) is 6.07. The van der Waals surface area contributed by atoms with E-state index < -0.39 is 5.82 Å². The number of nitrogens with one attached hydrogen (secondary N) is 1. The van der Waals surface area contributed by atoms with Crippen molar-refractivity contribution in [3.8, 4) is 0 Å². The third kappa shape index (κ3) is 2.86. The van der Waals surface area contributed by atoms with Gasteiger partial charge >= 0.3 is 0 Å². The summed E-state index contributed by atoms with van der Waals surface area (Å²) in [5.74, 6) is -0.0966. The first-order valence-electron chi connectivity index (χ1n) is 7.56. The van der Waals surface area contributed by atoms with E-state index in [1.807, 2.05) is 0 Å². The number of hydrogen-bond donors (Lipinski definition) is 1. The van der Waals surface area contributed by atoms with E-state index in [1.165, 1.54) is 25.0 Å². The van der Waals surface area contributed by atoms with E-state index in [0.29, 0.717) is 17.0 Å². The topological polar surface area (TPSA) is 15.3 Å². The molecule has 2 aliphatic rings. The monoisotopic (exact) mass is 280 g/mol. The maximum Gasteiger partial charge on any atom is 0.133 e. The summed E-state index contributed by atoms with van der Waals surface area (Å²) in [5.41, 5.74) is 0.830. The maximum atomic E-state index is 14.5. The van der Waals surface area contributed by atoms with Crippen molar-refractivity contribution in [2.24, 2.45) is 5.92 Å². The quantitative estimate of drug-likeness (QED) is 0.912. The first-order valence-corrected chi connectivity index (χ1v) is 7.56. The zero-order chi connectivity index (χ0) is 14.1. The van der Waals surface area contributed by atoms with Gasteiger partial charge in [-0.15, -0.1) is 0 Å². The molecular formula is C16H22F2N2. The van der Waals surface area contributed by atoms with Gasteiger partial charge in [-0.2, -0.15) is 0 Å². The number of benzene rings is 1. The zero-order valence-corrected chi connectivity index (χ0v) is 12.0. The van der Waals surface area contributed by atoms with Gasteiger partial charge in [0.15, 0.2) is 0 Å². The summed E-state index contributed by atoms with van der Waals surface area (Å²) in [4.78, 5) is 2.25. The Morgan fingerprint density at radius 3 is 2.60 bits per heavy atom. The minimum absolute atomic E-state index is 0.107. The van der Waals surface area contributed by atoms with Crippen LogP contribution < -0.4 is 5.32 Å². The van der Waals surface area contributed by atoms with Crippen LogP contribution in [0.2, 0.25) is 0 Å². The van der Waals surface area contributed by atoms with Crippen LogP contribution in [0.25, 0.3) is 0 Å². The minimum atomic E-state index is -0.391. The lowest BCUT2D eigenvalue weighted by atomic mass is 9.96. The van der Waals surface area contributed by atoms with Crippen molar-refractivity contribution in [1.29, 1.82) is 0 Å². The van der Waals surface area contributed by atoms with Crippen LogP contribution in [-0.2, 0) is 0 Å². The molecule has 2 fully saturated rings. The molecule has 0 radical (unpaired) electrons. The Bertz CT molecular complexity index is 480. The molecule has 1 heterocycles. The van der Waals surface area contributed by atoms with E-state index in [-0.39, 0.29) is 11.9 Å². The Labute approximate surface area is 119 Å². The van der Waals surface area contributed by atoms with Crippen LogP contribution in [0, 0.1) is 24.5 Å². The van der Waals surface area contributed by atoms with Gasteiger partial charge in [0, 0.05) is 37.8 Å². The predicted octanol–water partition coefficient (Wildman–Crippen LogP) is 3.02. The van der Waals surface area contributed by atoms with Crippen molar-refractivity contribution in [1.82, 2.24) is 10.2 Å². The molecule has 1 N–H and O–H groups in total. The number of hydrogen-bond acceptors (Lipinski definition) is 2.